The minimum atomic E-state index is -0.830. The molecule has 3 unspecified atom stereocenters. The smallest absolute Gasteiger partial charge is 0.407 e. The van der Waals surface area contributed by atoms with Crippen LogP contribution in [0.4, 0.5) is 4.79 Å². The van der Waals surface area contributed by atoms with E-state index < -0.39 is 23.5 Å². The van der Waals surface area contributed by atoms with Crippen molar-refractivity contribution in [2.75, 3.05) is 6.61 Å². The Morgan fingerprint density at radius 2 is 2.31 bits per heavy atom. The maximum atomic E-state index is 11.4. The SMILES string of the molecule is C=CCOC(=O)NC12CC1CCC2C(=O)O. The summed E-state index contributed by atoms with van der Waals surface area (Å²) < 4.78 is 4.81. The summed E-state index contributed by atoms with van der Waals surface area (Å²) in [5, 5.41) is 11.8. The molecular formula is C11H15NO4. The van der Waals surface area contributed by atoms with E-state index >= 15 is 0 Å². The van der Waals surface area contributed by atoms with Gasteiger partial charge in [0.15, 0.2) is 0 Å². The topological polar surface area (TPSA) is 75.6 Å². The summed E-state index contributed by atoms with van der Waals surface area (Å²) >= 11 is 0. The number of carboxylic acids is 1. The third-order valence-corrected chi connectivity index (χ3v) is 3.54. The molecule has 0 aromatic heterocycles. The van der Waals surface area contributed by atoms with Crippen molar-refractivity contribution in [3.8, 4) is 0 Å². The van der Waals surface area contributed by atoms with Crippen LogP contribution in [-0.2, 0) is 9.53 Å². The zero-order valence-electron chi connectivity index (χ0n) is 8.94. The molecule has 0 heterocycles. The molecule has 16 heavy (non-hydrogen) atoms. The van der Waals surface area contributed by atoms with E-state index in [1.54, 1.807) is 0 Å². The lowest BCUT2D eigenvalue weighted by Crippen LogP contribution is -2.45. The number of fused-ring (bicyclic) bond motifs is 1. The van der Waals surface area contributed by atoms with E-state index in [2.05, 4.69) is 11.9 Å². The summed E-state index contributed by atoms with van der Waals surface area (Å²) in [5.74, 6) is -0.984. The van der Waals surface area contributed by atoms with Gasteiger partial charge in [-0.05, 0) is 25.2 Å². The number of carbonyl (C=O) groups is 2. The minimum Gasteiger partial charge on any atom is -0.481 e. The van der Waals surface area contributed by atoms with Gasteiger partial charge in [-0.2, -0.15) is 0 Å². The van der Waals surface area contributed by atoms with Crippen LogP contribution in [0.3, 0.4) is 0 Å². The zero-order valence-corrected chi connectivity index (χ0v) is 8.94. The second-order valence-electron chi connectivity index (χ2n) is 4.42. The predicted octanol–water partition coefficient (Wildman–Crippen LogP) is 1.15. The van der Waals surface area contributed by atoms with Gasteiger partial charge >= 0.3 is 12.1 Å². The number of hydrogen-bond donors (Lipinski definition) is 2. The molecule has 0 radical (unpaired) electrons. The normalized spacial score (nSPS) is 35.0. The number of alkyl carbamates (subject to hydrolysis) is 1. The second kappa shape index (κ2) is 3.81. The number of ether oxygens (including phenoxy) is 1. The van der Waals surface area contributed by atoms with Crippen LogP contribution >= 0.6 is 0 Å². The van der Waals surface area contributed by atoms with Crippen molar-refractivity contribution < 1.29 is 19.4 Å². The molecule has 0 aromatic rings. The van der Waals surface area contributed by atoms with Gasteiger partial charge in [-0.1, -0.05) is 12.7 Å². The molecule has 5 heteroatoms. The molecule has 2 aliphatic carbocycles. The van der Waals surface area contributed by atoms with Crippen molar-refractivity contribution in [1.82, 2.24) is 5.32 Å². The Labute approximate surface area is 93.5 Å². The van der Waals surface area contributed by atoms with E-state index in [4.69, 9.17) is 9.84 Å². The average molecular weight is 225 g/mol. The first-order valence-electron chi connectivity index (χ1n) is 5.39. The van der Waals surface area contributed by atoms with Gasteiger partial charge in [0, 0.05) is 0 Å². The molecule has 0 aliphatic heterocycles. The maximum absolute atomic E-state index is 11.4. The lowest BCUT2D eigenvalue weighted by molar-refractivity contribution is -0.142. The monoisotopic (exact) mass is 225 g/mol. The highest BCUT2D eigenvalue weighted by molar-refractivity contribution is 5.77. The molecule has 0 aromatic carbocycles. The molecule has 5 nitrogen and oxygen atoms in total. The largest absolute Gasteiger partial charge is 0.481 e. The molecule has 0 bridgehead atoms. The summed E-state index contributed by atoms with van der Waals surface area (Å²) in [6.07, 6.45) is 3.20. The van der Waals surface area contributed by atoms with Gasteiger partial charge in [-0.3, -0.25) is 4.79 Å². The quantitative estimate of drug-likeness (QED) is 0.704. The van der Waals surface area contributed by atoms with E-state index in [1.807, 2.05) is 0 Å². The highest BCUT2D eigenvalue weighted by atomic mass is 16.5. The van der Waals surface area contributed by atoms with E-state index in [0.717, 1.165) is 12.8 Å². The van der Waals surface area contributed by atoms with E-state index in [9.17, 15) is 9.59 Å². The fourth-order valence-corrected chi connectivity index (χ4v) is 2.71. The van der Waals surface area contributed by atoms with Gasteiger partial charge in [0.1, 0.15) is 6.61 Å². The highest BCUT2D eigenvalue weighted by Crippen LogP contribution is 2.59. The van der Waals surface area contributed by atoms with Crippen LogP contribution < -0.4 is 5.32 Å². The number of nitrogens with one attached hydrogen (secondary N) is 1. The molecule has 2 N–H and O–H groups in total. The van der Waals surface area contributed by atoms with E-state index in [-0.39, 0.29) is 6.61 Å². The van der Waals surface area contributed by atoms with Crippen molar-refractivity contribution in [1.29, 1.82) is 0 Å². The van der Waals surface area contributed by atoms with Gasteiger partial charge in [0.2, 0.25) is 0 Å². The standard InChI is InChI=1S/C11H15NO4/c1-2-5-16-10(15)12-11-6-7(11)3-4-8(11)9(13)14/h2,7-8H,1,3-6H2,(H,12,15)(H,13,14). The number of carbonyl (C=O) groups excluding carboxylic acids is 1. The van der Waals surface area contributed by atoms with Crippen molar-refractivity contribution >= 4 is 12.1 Å². The van der Waals surface area contributed by atoms with E-state index in [0.29, 0.717) is 12.3 Å². The van der Waals surface area contributed by atoms with Gasteiger partial charge in [0.05, 0.1) is 11.5 Å². The van der Waals surface area contributed by atoms with Gasteiger partial charge in [-0.25, -0.2) is 4.79 Å². The summed E-state index contributed by atoms with van der Waals surface area (Å²) in [7, 11) is 0. The molecular weight excluding hydrogens is 210 g/mol. The Bertz CT molecular complexity index is 341. The lowest BCUT2D eigenvalue weighted by atomic mass is 9.98. The van der Waals surface area contributed by atoms with Crippen molar-refractivity contribution in [2.24, 2.45) is 11.8 Å². The Morgan fingerprint density at radius 3 is 2.88 bits per heavy atom. The number of amides is 1. The number of aliphatic carboxylic acids is 1. The highest BCUT2D eigenvalue weighted by Gasteiger charge is 2.66. The summed E-state index contributed by atoms with van der Waals surface area (Å²) in [6.45, 7) is 3.58. The summed E-state index contributed by atoms with van der Waals surface area (Å²) in [4.78, 5) is 22.4. The Kier molecular flexibility index (Phi) is 2.61. The first-order chi connectivity index (χ1) is 7.60. The van der Waals surface area contributed by atoms with Gasteiger partial charge < -0.3 is 15.2 Å². The van der Waals surface area contributed by atoms with Crippen LogP contribution in [0.25, 0.3) is 0 Å². The van der Waals surface area contributed by atoms with E-state index in [1.165, 1.54) is 6.08 Å². The Hall–Kier alpha value is -1.52. The molecule has 0 saturated heterocycles. The number of hydrogen-bond acceptors (Lipinski definition) is 3. The van der Waals surface area contributed by atoms with Crippen LogP contribution in [0.2, 0.25) is 0 Å². The first-order valence-corrected chi connectivity index (χ1v) is 5.39. The molecule has 0 spiro atoms. The number of rotatable bonds is 4. The molecule has 2 fully saturated rings. The zero-order chi connectivity index (χ0) is 11.8. The summed E-state index contributed by atoms with van der Waals surface area (Å²) in [6, 6.07) is 0. The number of carboxylic acid groups (broad SMARTS) is 1. The molecule has 3 atom stereocenters. The van der Waals surface area contributed by atoms with Gasteiger partial charge in [0.25, 0.3) is 0 Å². The molecule has 2 aliphatic rings. The lowest BCUT2D eigenvalue weighted by Gasteiger charge is -2.20. The molecule has 88 valence electrons. The average Bonchev–Trinajstić information content (AvgIpc) is 2.79. The van der Waals surface area contributed by atoms with Crippen molar-refractivity contribution in [3.63, 3.8) is 0 Å². The maximum Gasteiger partial charge on any atom is 0.407 e. The molecule has 1 amide bonds. The molecule has 2 rings (SSSR count). The Morgan fingerprint density at radius 1 is 1.56 bits per heavy atom. The fraction of sp³-hybridized carbons (Fsp3) is 0.636. The van der Waals surface area contributed by atoms with Crippen LogP contribution in [0, 0.1) is 11.8 Å². The van der Waals surface area contributed by atoms with Crippen LogP contribution in [0.1, 0.15) is 19.3 Å². The third kappa shape index (κ3) is 1.66. The Balaban J connectivity index is 1.96. The van der Waals surface area contributed by atoms with Crippen LogP contribution in [0.15, 0.2) is 12.7 Å². The third-order valence-electron chi connectivity index (χ3n) is 3.54. The first kappa shape index (κ1) is 11.0. The minimum absolute atomic E-state index is 0.143. The van der Waals surface area contributed by atoms with Crippen molar-refractivity contribution in [3.05, 3.63) is 12.7 Å². The van der Waals surface area contributed by atoms with Gasteiger partial charge in [-0.15, -0.1) is 0 Å². The predicted molar refractivity (Wildman–Crippen MR) is 55.9 cm³/mol. The molecule has 2 saturated carbocycles. The van der Waals surface area contributed by atoms with Crippen LogP contribution in [0.5, 0.6) is 0 Å². The summed E-state index contributed by atoms with van der Waals surface area (Å²) in [5.41, 5.74) is -0.538. The van der Waals surface area contributed by atoms with Crippen LogP contribution in [-0.4, -0.2) is 29.3 Å². The van der Waals surface area contributed by atoms with Crippen molar-refractivity contribution in [2.45, 2.75) is 24.8 Å². The fourth-order valence-electron chi connectivity index (χ4n) is 2.71. The second-order valence-corrected chi connectivity index (χ2v) is 4.42.